The highest BCUT2D eigenvalue weighted by atomic mass is 32.1. The molecule has 0 saturated carbocycles. The second-order valence-corrected chi connectivity index (χ2v) is 7.07. The minimum Gasteiger partial charge on any atom is -0.444 e. The number of nitrogens with zero attached hydrogens (tertiary/aromatic N) is 4. The fourth-order valence-corrected chi connectivity index (χ4v) is 3.85. The van der Waals surface area contributed by atoms with Crippen molar-refractivity contribution in [3.8, 4) is 10.8 Å². The molecule has 3 aromatic heterocycles. The highest BCUT2D eigenvalue weighted by Crippen LogP contribution is 2.29. The summed E-state index contributed by atoms with van der Waals surface area (Å²) in [6, 6.07) is 4.06. The van der Waals surface area contributed by atoms with E-state index in [0.29, 0.717) is 5.92 Å². The third kappa shape index (κ3) is 3.23. The topological polar surface area (TPSA) is 47.1 Å². The summed E-state index contributed by atoms with van der Waals surface area (Å²) in [5.41, 5.74) is 2.39. The normalized spacial score (nSPS) is 16.9. The van der Waals surface area contributed by atoms with Crippen LogP contribution in [0.4, 0.5) is 0 Å². The van der Waals surface area contributed by atoms with E-state index in [-0.39, 0.29) is 0 Å². The van der Waals surface area contributed by atoms with E-state index < -0.39 is 0 Å². The second-order valence-electron chi connectivity index (χ2n) is 6.12. The van der Waals surface area contributed by atoms with Crippen molar-refractivity contribution in [3.63, 3.8) is 0 Å². The van der Waals surface area contributed by atoms with Gasteiger partial charge in [-0.2, -0.15) is 5.10 Å². The lowest BCUT2D eigenvalue weighted by Gasteiger charge is -2.30. The Morgan fingerprint density at radius 1 is 1.35 bits per heavy atom. The number of hydrogen-bond donors (Lipinski definition) is 0. The van der Waals surface area contributed by atoms with Crippen LogP contribution in [0.15, 0.2) is 40.6 Å². The smallest absolute Gasteiger partial charge is 0.236 e. The lowest BCUT2D eigenvalue weighted by atomic mass is 9.91. The summed E-state index contributed by atoms with van der Waals surface area (Å²) < 4.78 is 7.50. The van der Waals surface area contributed by atoms with Crippen LogP contribution in [-0.4, -0.2) is 32.8 Å². The Balaban J connectivity index is 1.34. The largest absolute Gasteiger partial charge is 0.444 e. The van der Waals surface area contributed by atoms with Crippen LogP contribution >= 0.6 is 11.3 Å². The van der Waals surface area contributed by atoms with E-state index >= 15 is 0 Å². The van der Waals surface area contributed by atoms with Crippen molar-refractivity contribution in [3.05, 3.63) is 47.4 Å². The number of aromatic nitrogens is 3. The number of oxazole rings is 1. The average molecular weight is 328 g/mol. The number of aryl methyl sites for hydroxylation is 1. The summed E-state index contributed by atoms with van der Waals surface area (Å²) in [5.74, 6) is 1.37. The van der Waals surface area contributed by atoms with E-state index in [1.54, 1.807) is 17.6 Å². The zero-order valence-electron chi connectivity index (χ0n) is 13.2. The fraction of sp³-hybridized carbons (Fsp3) is 0.412. The monoisotopic (exact) mass is 328 g/mol. The van der Waals surface area contributed by atoms with E-state index in [1.807, 2.05) is 35.4 Å². The Labute approximate surface area is 139 Å². The molecule has 0 spiro atoms. The molecule has 5 nitrogen and oxygen atoms in total. The van der Waals surface area contributed by atoms with Gasteiger partial charge in [0.25, 0.3) is 0 Å². The lowest BCUT2D eigenvalue weighted by molar-refractivity contribution is 0.202. The van der Waals surface area contributed by atoms with Gasteiger partial charge in [-0.1, -0.05) is 6.07 Å². The first kappa shape index (κ1) is 14.7. The van der Waals surface area contributed by atoms with E-state index in [4.69, 9.17) is 4.42 Å². The zero-order valence-corrected chi connectivity index (χ0v) is 14.0. The summed E-state index contributed by atoms with van der Waals surface area (Å²) in [6.45, 7) is 3.07. The predicted molar refractivity (Wildman–Crippen MR) is 90.3 cm³/mol. The maximum atomic E-state index is 5.61. The van der Waals surface area contributed by atoms with Gasteiger partial charge in [-0.25, -0.2) is 4.98 Å². The molecule has 6 heteroatoms. The molecule has 3 aromatic rings. The van der Waals surface area contributed by atoms with Crippen molar-refractivity contribution in [2.75, 3.05) is 13.1 Å². The summed E-state index contributed by atoms with van der Waals surface area (Å²) in [4.78, 5) is 8.17. The molecule has 0 unspecified atom stereocenters. The van der Waals surface area contributed by atoms with Crippen LogP contribution in [-0.2, 0) is 13.6 Å². The van der Waals surface area contributed by atoms with Crippen molar-refractivity contribution in [1.29, 1.82) is 0 Å². The molecule has 4 rings (SSSR count). The Morgan fingerprint density at radius 2 is 2.22 bits per heavy atom. The molecule has 0 aromatic carbocycles. The van der Waals surface area contributed by atoms with Gasteiger partial charge in [0.2, 0.25) is 5.89 Å². The van der Waals surface area contributed by atoms with Crippen LogP contribution in [0, 0.1) is 0 Å². The third-order valence-electron chi connectivity index (χ3n) is 4.45. The Kier molecular flexibility index (Phi) is 4.01. The number of likely N-dealkylation sites (tertiary alicyclic amines) is 1. The Bertz CT molecular complexity index is 753. The van der Waals surface area contributed by atoms with E-state index in [1.165, 1.54) is 18.4 Å². The van der Waals surface area contributed by atoms with Crippen LogP contribution in [0.1, 0.15) is 30.0 Å². The first-order valence-electron chi connectivity index (χ1n) is 7.97. The van der Waals surface area contributed by atoms with Gasteiger partial charge in [-0.05, 0) is 48.9 Å². The molecule has 0 atom stereocenters. The molecular weight excluding hydrogens is 308 g/mol. The summed E-state index contributed by atoms with van der Waals surface area (Å²) in [7, 11) is 1.98. The highest BCUT2D eigenvalue weighted by molar-refractivity contribution is 7.13. The fourth-order valence-electron chi connectivity index (χ4n) is 3.20. The van der Waals surface area contributed by atoms with Crippen molar-refractivity contribution >= 4 is 11.3 Å². The summed E-state index contributed by atoms with van der Waals surface area (Å²) in [5, 5.41) is 6.33. The molecule has 0 N–H and O–H groups in total. The van der Waals surface area contributed by atoms with Crippen molar-refractivity contribution in [2.45, 2.75) is 25.3 Å². The molecule has 1 fully saturated rings. The van der Waals surface area contributed by atoms with E-state index in [0.717, 1.165) is 36.1 Å². The molecule has 0 bridgehead atoms. The number of piperidine rings is 1. The van der Waals surface area contributed by atoms with Gasteiger partial charge in [0.15, 0.2) is 0 Å². The van der Waals surface area contributed by atoms with Crippen molar-refractivity contribution in [1.82, 2.24) is 19.7 Å². The lowest BCUT2D eigenvalue weighted by Crippen LogP contribution is -2.32. The second kappa shape index (κ2) is 6.29. The molecule has 4 heterocycles. The van der Waals surface area contributed by atoms with E-state index in [2.05, 4.69) is 21.2 Å². The molecular formula is C17H20N4OS. The molecule has 1 aliphatic heterocycles. The molecule has 23 heavy (non-hydrogen) atoms. The molecule has 0 radical (unpaired) electrons. The maximum absolute atomic E-state index is 5.61. The predicted octanol–water partition coefficient (Wildman–Crippen LogP) is 3.52. The van der Waals surface area contributed by atoms with Gasteiger partial charge in [0.05, 0.1) is 16.8 Å². The SMILES string of the molecule is Cn1cc(C2CCN(Cc3coc(-c4cccs4)n3)CC2)cn1. The maximum Gasteiger partial charge on any atom is 0.236 e. The Hall–Kier alpha value is -1.92. The minimum atomic E-state index is 0.638. The Morgan fingerprint density at radius 3 is 2.91 bits per heavy atom. The number of thiophene rings is 1. The molecule has 120 valence electrons. The van der Waals surface area contributed by atoms with Crippen LogP contribution < -0.4 is 0 Å². The molecule has 0 amide bonds. The third-order valence-corrected chi connectivity index (χ3v) is 5.31. The molecule has 1 saturated heterocycles. The number of rotatable bonds is 4. The summed E-state index contributed by atoms with van der Waals surface area (Å²) >= 11 is 1.66. The van der Waals surface area contributed by atoms with Gasteiger partial charge in [0.1, 0.15) is 6.26 Å². The van der Waals surface area contributed by atoms with Gasteiger partial charge >= 0.3 is 0 Å². The van der Waals surface area contributed by atoms with Crippen LogP contribution in [0.2, 0.25) is 0 Å². The van der Waals surface area contributed by atoms with Gasteiger partial charge < -0.3 is 4.42 Å². The highest BCUT2D eigenvalue weighted by Gasteiger charge is 2.22. The van der Waals surface area contributed by atoms with Gasteiger partial charge in [-0.15, -0.1) is 11.3 Å². The first-order valence-corrected chi connectivity index (χ1v) is 8.85. The summed E-state index contributed by atoms with van der Waals surface area (Å²) in [6.07, 6.45) is 8.31. The average Bonchev–Trinajstić information content (AvgIpc) is 3.28. The zero-order chi connectivity index (χ0) is 15.6. The van der Waals surface area contributed by atoms with Gasteiger partial charge in [0, 0.05) is 19.8 Å². The van der Waals surface area contributed by atoms with Crippen LogP contribution in [0.5, 0.6) is 0 Å². The van der Waals surface area contributed by atoms with Gasteiger partial charge in [-0.3, -0.25) is 9.58 Å². The van der Waals surface area contributed by atoms with E-state index in [9.17, 15) is 0 Å². The van der Waals surface area contributed by atoms with Crippen LogP contribution in [0.25, 0.3) is 10.8 Å². The molecule has 0 aliphatic carbocycles. The molecule has 1 aliphatic rings. The quantitative estimate of drug-likeness (QED) is 0.735. The van der Waals surface area contributed by atoms with Crippen LogP contribution in [0.3, 0.4) is 0 Å². The van der Waals surface area contributed by atoms with Crippen molar-refractivity contribution in [2.24, 2.45) is 7.05 Å². The standard InChI is InChI=1S/C17H20N4OS/c1-20-10-14(9-18-20)13-4-6-21(7-5-13)11-15-12-22-17(19-15)16-3-2-8-23-16/h2-3,8-10,12-13H,4-7,11H2,1H3. The number of hydrogen-bond acceptors (Lipinski definition) is 5. The minimum absolute atomic E-state index is 0.638. The van der Waals surface area contributed by atoms with Crippen molar-refractivity contribution < 1.29 is 4.42 Å². The first-order chi connectivity index (χ1) is 11.3.